The fraction of sp³-hybridized carbons (Fsp3) is 0.0476. The van der Waals surface area contributed by atoms with Crippen LogP contribution < -0.4 is 10.2 Å². The number of amides is 1. The molecule has 0 fully saturated rings. The Labute approximate surface area is 161 Å². The molecule has 3 aromatic rings. The first-order chi connectivity index (χ1) is 13.6. The molecule has 1 N–H and O–H groups in total. The number of para-hydroxylation sites is 2. The van der Waals surface area contributed by atoms with Crippen molar-refractivity contribution in [2.45, 2.75) is 6.61 Å². The second-order valence-corrected chi connectivity index (χ2v) is 5.81. The van der Waals surface area contributed by atoms with Crippen LogP contribution in [-0.2, 0) is 6.61 Å². The molecule has 0 unspecified atom stereocenters. The van der Waals surface area contributed by atoms with Crippen molar-refractivity contribution in [2.75, 3.05) is 0 Å². The number of hydrazone groups is 1. The molecule has 7 nitrogen and oxygen atoms in total. The van der Waals surface area contributed by atoms with E-state index in [0.29, 0.717) is 17.7 Å². The lowest BCUT2D eigenvalue weighted by atomic mass is 10.1. The summed E-state index contributed by atoms with van der Waals surface area (Å²) in [7, 11) is 0. The summed E-state index contributed by atoms with van der Waals surface area (Å²) in [6.07, 6.45) is 1.25. The van der Waals surface area contributed by atoms with Gasteiger partial charge in [0.25, 0.3) is 11.6 Å². The SMILES string of the molecule is O=C(N/N=C\c1ccccc1[N+](=O)[O-])c1ccc(COc2ccccc2)cc1. The minimum atomic E-state index is -0.501. The molecule has 0 heterocycles. The average Bonchev–Trinajstić information content (AvgIpc) is 2.73. The van der Waals surface area contributed by atoms with Crippen LogP contribution in [0.3, 0.4) is 0 Å². The van der Waals surface area contributed by atoms with Crippen molar-refractivity contribution in [3.05, 3.63) is 106 Å². The molecule has 0 bridgehead atoms. The summed E-state index contributed by atoms with van der Waals surface area (Å²) in [5.41, 5.74) is 3.93. The highest BCUT2D eigenvalue weighted by atomic mass is 16.6. The van der Waals surface area contributed by atoms with Crippen LogP contribution in [0.1, 0.15) is 21.5 Å². The van der Waals surface area contributed by atoms with E-state index in [1.54, 1.807) is 42.5 Å². The van der Waals surface area contributed by atoms with E-state index in [1.165, 1.54) is 12.3 Å². The fourth-order valence-corrected chi connectivity index (χ4v) is 2.42. The number of nitrogens with one attached hydrogen (secondary N) is 1. The minimum Gasteiger partial charge on any atom is -0.489 e. The van der Waals surface area contributed by atoms with E-state index in [0.717, 1.165) is 11.3 Å². The van der Waals surface area contributed by atoms with Gasteiger partial charge < -0.3 is 4.74 Å². The molecule has 0 spiro atoms. The third kappa shape index (κ3) is 5.01. The highest BCUT2D eigenvalue weighted by Crippen LogP contribution is 2.15. The normalized spacial score (nSPS) is 10.6. The number of nitro groups is 1. The Balaban J connectivity index is 1.57. The van der Waals surface area contributed by atoms with Gasteiger partial charge in [0.05, 0.1) is 16.7 Å². The molecular formula is C21H17N3O4. The van der Waals surface area contributed by atoms with Crippen molar-refractivity contribution < 1.29 is 14.5 Å². The highest BCUT2D eigenvalue weighted by molar-refractivity contribution is 5.95. The van der Waals surface area contributed by atoms with Gasteiger partial charge in [-0.2, -0.15) is 5.10 Å². The van der Waals surface area contributed by atoms with Gasteiger partial charge in [0.1, 0.15) is 12.4 Å². The number of hydrogen-bond acceptors (Lipinski definition) is 5. The van der Waals surface area contributed by atoms with Gasteiger partial charge in [-0.05, 0) is 35.9 Å². The maximum absolute atomic E-state index is 12.2. The van der Waals surface area contributed by atoms with Crippen molar-refractivity contribution in [1.82, 2.24) is 5.43 Å². The number of ether oxygens (including phenoxy) is 1. The maximum Gasteiger partial charge on any atom is 0.278 e. The number of carbonyl (C=O) groups is 1. The lowest BCUT2D eigenvalue weighted by molar-refractivity contribution is -0.385. The average molecular weight is 375 g/mol. The first-order valence-electron chi connectivity index (χ1n) is 8.47. The molecule has 28 heavy (non-hydrogen) atoms. The van der Waals surface area contributed by atoms with Crippen LogP contribution in [0.5, 0.6) is 5.75 Å². The Bertz CT molecular complexity index is 986. The summed E-state index contributed by atoms with van der Waals surface area (Å²) in [5.74, 6) is 0.360. The van der Waals surface area contributed by atoms with E-state index < -0.39 is 10.8 Å². The van der Waals surface area contributed by atoms with E-state index >= 15 is 0 Å². The molecule has 0 saturated heterocycles. The summed E-state index contributed by atoms with van der Waals surface area (Å²) in [5, 5.41) is 14.8. The third-order valence-corrected chi connectivity index (χ3v) is 3.87. The van der Waals surface area contributed by atoms with E-state index in [4.69, 9.17) is 4.74 Å². The predicted octanol–water partition coefficient (Wildman–Crippen LogP) is 3.94. The summed E-state index contributed by atoms with van der Waals surface area (Å²) < 4.78 is 5.66. The van der Waals surface area contributed by atoms with Crippen LogP contribution in [-0.4, -0.2) is 17.0 Å². The second kappa shape index (κ2) is 9.09. The Kier molecular flexibility index (Phi) is 6.10. The quantitative estimate of drug-likeness (QED) is 0.384. The summed E-state index contributed by atoms with van der Waals surface area (Å²) in [4.78, 5) is 22.6. The first-order valence-corrected chi connectivity index (χ1v) is 8.47. The molecule has 3 rings (SSSR count). The molecule has 0 aromatic heterocycles. The lowest BCUT2D eigenvalue weighted by Crippen LogP contribution is -2.17. The number of hydrogen-bond donors (Lipinski definition) is 1. The Morgan fingerprint density at radius 2 is 1.68 bits per heavy atom. The van der Waals surface area contributed by atoms with Gasteiger partial charge in [-0.25, -0.2) is 5.43 Å². The summed E-state index contributed by atoms with van der Waals surface area (Å²) in [6, 6.07) is 22.5. The van der Waals surface area contributed by atoms with Crippen molar-refractivity contribution in [2.24, 2.45) is 5.10 Å². The molecule has 0 radical (unpaired) electrons. The number of nitro benzene ring substituents is 1. The van der Waals surface area contributed by atoms with Gasteiger partial charge in [0, 0.05) is 11.6 Å². The molecule has 1 amide bonds. The first kappa shape index (κ1) is 18.8. The van der Waals surface area contributed by atoms with E-state index in [2.05, 4.69) is 10.5 Å². The van der Waals surface area contributed by atoms with Gasteiger partial charge >= 0.3 is 0 Å². The van der Waals surface area contributed by atoms with Crippen LogP contribution in [0, 0.1) is 10.1 Å². The predicted molar refractivity (Wildman–Crippen MR) is 105 cm³/mol. The van der Waals surface area contributed by atoms with Crippen LogP contribution >= 0.6 is 0 Å². The second-order valence-electron chi connectivity index (χ2n) is 5.81. The van der Waals surface area contributed by atoms with Crippen molar-refractivity contribution in [1.29, 1.82) is 0 Å². The standard InChI is InChI=1S/C21H17N3O4/c25-21(23-22-14-18-6-4-5-9-20(18)24(26)27)17-12-10-16(11-13-17)15-28-19-7-2-1-3-8-19/h1-14H,15H2,(H,23,25)/b22-14-. The smallest absolute Gasteiger partial charge is 0.278 e. The molecule has 3 aromatic carbocycles. The maximum atomic E-state index is 12.2. The van der Waals surface area contributed by atoms with Gasteiger partial charge in [-0.3, -0.25) is 14.9 Å². The lowest BCUT2D eigenvalue weighted by Gasteiger charge is -2.06. The Morgan fingerprint density at radius 1 is 1.00 bits per heavy atom. The van der Waals surface area contributed by atoms with E-state index in [1.807, 2.05) is 30.3 Å². The molecule has 0 aliphatic heterocycles. The van der Waals surface area contributed by atoms with Crippen molar-refractivity contribution >= 4 is 17.8 Å². The molecule has 0 saturated carbocycles. The zero-order chi connectivity index (χ0) is 19.8. The molecule has 140 valence electrons. The molecule has 0 atom stereocenters. The molecule has 0 aliphatic carbocycles. The molecule has 7 heteroatoms. The Hall–Kier alpha value is -4.00. The van der Waals surface area contributed by atoms with Crippen LogP contribution in [0.25, 0.3) is 0 Å². The minimum absolute atomic E-state index is 0.0803. The zero-order valence-corrected chi connectivity index (χ0v) is 14.8. The van der Waals surface area contributed by atoms with Gasteiger partial charge in [0.2, 0.25) is 0 Å². The number of nitrogens with zero attached hydrogens (tertiary/aromatic N) is 2. The van der Waals surface area contributed by atoms with Crippen LogP contribution in [0.4, 0.5) is 5.69 Å². The molecule has 0 aliphatic rings. The van der Waals surface area contributed by atoms with Gasteiger partial charge in [-0.1, -0.05) is 42.5 Å². The number of rotatable bonds is 7. The van der Waals surface area contributed by atoms with Crippen LogP contribution in [0.2, 0.25) is 0 Å². The topological polar surface area (TPSA) is 93.8 Å². The van der Waals surface area contributed by atoms with E-state index in [-0.39, 0.29) is 5.69 Å². The summed E-state index contributed by atoms with van der Waals surface area (Å²) >= 11 is 0. The summed E-state index contributed by atoms with van der Waals surface area (Å²) in [6.45, 7) is 0.391. The highest BCUT2D eigenvalue weighted by Gasteiger charge is 2.10. The zero-order valence-electron chi connectivity index (χ0n) is 14.8. The fourth-order valence-electron chi connectivity index (χ4n) is 2.42. The Morgan fingerprint density at radius 3 is 2.39 bits per heavy atom. The van der Waals surface area contributed by atoms with Gasteiger partial charge in [-0.15, -0.1) is 0 Å². The van der Waals surface area contributed by atoms with Crippen molar-refractivity contribution in [3.8, 4) is 5.75 Å². The van der Waals surface area contributed by atoms with Crippen LogP contribution in [0.15, 0.2) is 84.0 Å². The van der Waals surface area contributed by atoms with Gasteiger partial charge in [0.15, 0.2) is 0 Å². The number of benzene rings is 3. The van der Waals surface area contributed by atoms with E-state index in [9.17, 15) is 14.9 Å². The molecular weight excluding hydrogens is 358 g/mol. The monoisotopic (exact) mass is 375 g/mol. The van der Waals surface area contributed by atoms with Crippen molar-refractivity contribution in [3.63, 3.8) is 0 Å². The number of carbonyl (C=O) groups excluding carboxylic acids is 1. The largest absolute Gasteiger partial charge is 0.489 e. The third-order valence-electron chi connectivity index (χ3n) is 3.87.